The van der Waals surface area contributed by atoms with E-state index in [2.05, 4.69) is 17.7 Å². The fourth-order valence-electron chi connectivity index (χ4n) is 2.48. The molecule has 102 valence electrons. The molecule has 0 atom stereocenters. The van der Waals surface area contributed by atoms with Crippen LogP contribution in [0.1, 0.15) is 34.8 Å². The fourth-order valence-corrected chi connectivity index (χ4v) is 2.48. The van der Waals surface area contributed by atoms with Gasteiger partial charge >= 0.3 is 5.97 Å². The van der Waals surface area contributed by atoms with Gasteiger partial charge in [-0.1, -0.05) is 6.92 Å². The third kappa shape index (κ3) is 2.49. The molecule has 0 radical (unpaired) electrons. The third-order valence-corrected chi connectivity index (χ3v) is 3.52. The van der Waals surface area contributed by atoms with Gasteiger partial charge in [0.05, 0.1) is 5.56 Å². The molecule has 0 unspecified atom stereocenters. The standard InChI is InChI=1S/C15H20N2O2/c1-3-11-9-17(6-4-5-16)14-8-12(15(18)19)10(2)7-13(11)14/h7-9H,3-6,16H2,1-2H3,(H,18,19). The van der Waals surface area contributed by atoms with Gasteiger partial charge in [-0.25, -0.2) is 4.79 Å². The maximum Gasteiger partial charge on any atom is 0.336 e. The summed E-state index contributed by atoms with van der Waals surface area (Å²) in [4.78, 5) is 11.2. The molecule has 0 aliphatic carbocycles. The zero-order chi connectivity index (χ0) is 14.0. The molecule has 1 heterocycles. The molecule has 0 fully saturated rings. The minimum Gasteiger partial charge on any atom is -0.478 e. The largest absolute Gasteiger partial charge is 0.478 e. The molecule has 0 aliphatic rings. The number of hydrogen-bond acceptors (Lipinski definition) is 2. The Kier molecular flexibility index (Phi) is 3.90. The first-order valence-corrected chi connectivity index (χ1v) is 6.64. The highest BCUT2D eigenvalue weighted by molar-refractivity contribution is 5.96. The van der Waals surface area contributed by atoms with E-state index in [4.69, 9.17) is 5.73 Å². The Labute approximate surface area is 112 Å². The van der Waals surface area contributed by atoms with Crippen LogP contribution in [0.2, 0.25) is 0 Å². The van der Waals surface area contributed by atoms with E-state index in [-0.39, 0.29) is 0 Å². The summed E-state index contributed by atoms with van der Waals surface area (Å²) in [5.74, 6) is -0.871. The Balaban J connectivity index is 2.63. The van der Waals surface area contributed by atoms with Crippen LogP contribution in [0.15, 0.2) is 18.3 Å². The first-order valence-electron chi connectivity index (χ1n) is 6.64. The monoisotopic (exact) mass is 260 g/mol. The van der Waals surface area contributed by atoms with Crippen LogP contribution in [-0.2, 0) is 13.0 Å². The molecule has 3 N–H and O–H groups in total. The van der Waals surface area contributed by atoms with Crippen LogP contribution in [0, 0.1) is 6.92 Å². The molecule has 2 rings (SSSR count). The van der Waals surface area contributed by atoms with Gasteiger partial charge in [0.2, 0.25) is 0 Å². The van der Waals surface area contributed by atoms with Crippen molar-refractivity contribution < 1.29 is 9.90 Å². The number of carboxylic acid groups (broad SMARTS) is 1. The van der Waals surface area contributed by atoms with E-state index in [0.29, 0.717) is 12.1 Å². The van der Waals surface area contributed by atoms with Gasteiger partial charge in [0.1, 0.15) is 0 Å². The lowest BCUT2D eigenvalue weighted by atomic mass is 10.0. The lowest BCUT2D eigenvalue weighted by Crippen LogP contribution is -2.05. The van der Waals surface area contributed by atoms with Gasteiger partial charge in [0.25, 0.3) is 0 Å². The van der Waals surface area contributed by atoms with Crippen molar-refractivity contribution in [3.05, 3.63) is 35.0 Å². The van der Waals surface area contributed by atoms with E-state index in [1.54, 1.807) is 6.07 Å². The lowest BCUT2D eigenvalue weighted by molar-refractivity contribution is 0.0696. The predicted octanol–water partition coefficient (Wildman–Crippen LogP) is 2.56. The Morgan fingerprint density at radius 2 is 2.16 bits per heavy atom. The van der Waals surface area contributed by atoms with Gasteiger partial charge in [0, 0.05) is 23.6 Å². The molecule has 2 aromatic rings. The van der Waals surface area contributed by atoms with Crippen molar-refractivity contribution in [2.75, 3.05) is 6.54 Å². The highest BCUT2D eigenvalue weighted by Gasteiger charge is 2.13. The van der Waals surface area contributed by atoms with E-state index < -0.39 is 5.97 Å². The van der Waals surface area contributed by atoms with Crippen molar-refractivity contribution in [1.29, 1.82) is 0 Å². The van der Waals surface area contributed by atoms with E-state index in [9.17, 15) is 9.90 Å². The molecule has 0 amide bonds. The molecule has 4 heteroatoms. The first kappa shape index (κ1) is 13.6. The number of carboxylic acids is 1. The van der Waals surface area contributed by atoms with Crippen molar-refractivity contribution in [1.82, 2.24) is 4.57 Å². The van der Waals surface area contributed by atoms with Crippen LogP contribution < -0.4 is 5.73 Å². The summed E-state index contributed by atoms with van der Waals surface area (Å²) in [6, 6.07) is 3.76. The topological polar surface area (TPSA) is 68.2 Å². The average molecular weight is 260 g/mol. The quantitative estimate of drug-likeness (QED) is 0.868. The van der Waals surface area contributed by atoms with Crippen LogP contribution >= 0.6 is 0 Å². The zero-order valence-electron chi connectivity index (χ0n) is 11.4. The summed E-state index contributed by atoms with van der Waals surface area (Å²) in [5, 5.41) is 10.4. The van der Waals surface area contributed by atoms with Crippen molar-refractivity contribution in [3.8, 4) is 0 Å². The molecule has 0 bridgehead atoms. The summed E-state index contributed by atoms with van der Waals surface area (Å²) >= 11 is 0. The minimum atomic E-state index is -0.871. The number of benzene rings is 1. The minimum absolute atomic E-state index is 0.377. The number of nitrogens with two attached hydrogens (primary N) is 1. The number of aromatic nitrogens is 1. The second-order valence-corrected chi connectivity index (χ2v) is 4.83. The number of aromatic carboxylic acids is 1. The molecule has 19 heavy (non-hydrogen) atoms. The second-order valence-electron chi connectivity index (χ2n) is 4.83. The molecule has 4 nitrogen and oxygen atoms in total. The number of rotatable bonds is 5. The fraction of sp³-hybridized carbons (Fsp3) is 0.400. The molecular formula is C15H20N2O2. The van der Waals surface area contributed by atoms with Crippen LogP contribution in [-0.4, -0.2) is 22.2 Å². The number of aryl methyl sites for hydroxylation is 3. The number of nitrogens with zero attached hydrogens (tertiary/aromatic N) is 1. The van der Waals surface area contributed by atoms with Crippen molar-refractivity contribution in [2.45, 2.75) is 33.2 Å². The highest BCUT2D eigenvalue weighted by atomic mass is 16.4. The van der Waals surface area contributed by atoms with E-state index in [1.165, 1.54) is 5.56 Å². The third-order valence-electron chi connectivity index (χ3n) is 3.52. The smallest absolute Gasteiger partial charge is 0.336 e. The van der Waals surface area contributed by atoms with E-state index >= 15 is 0 Å². The predicted molar refractivity (Wildman–Crippen MR) is 76.7 cm³/mol. The lowest BCUT2D eigenvalue weighted by Gasteiger charge is -2.06. The summed E-state index contributed by atoms with van der Waals surface area (Å²) in [7, 11) is 0. The Hall–Kier alpha value is -1.81. The molecule has 0 aliphatic heterocycles. The van der Waals surface area contributed by atoms with Crippen LogP contribution in [0.3, 0.4) is 0 Å². The van der Waals surface area contributed by atoms with Gasteiger partial charge in [-0.2, -0.15) is 0 Å². The summed E-state index contributed by atoms with van der Waals surface area (Å²) in [6.45, 7) is 5.43. The summed E-state index contributed by atoms with van der Waals surface area (Å²) in [5.41, 5.74) is 8.99. The highest BCUT2D eigenvalue weighted by Crippen LogP contribution is 2.26. The number of hydrogen-bond donors (Lipinski definition) is 2. The van der Waals surface area contributed by atoms with E-state index in [0.717, 1.165) is 35.9 Å². The van der Waals surface area contributed by atoms with Gasteiger partial charge in [0.15, 0.2) is 0 Å². The van der Waals surface area contributed by atoms with Crippen molar-refractivity contribution in [2.24, 2.45) is 5.73 Å². The molecule has 0 spiro atoms. The van der Waals surface area contributed by atoms with Crippen LogP contribution in [0.4, 0.5) is 0 Å². The summed E-state index contributed by atoms with van der Waals surface area (Å²) < 4.78 is 2.12. The van der Waals surface area contributed by atoms with Gasteiger partial charge in [-0.05, 0) is 49.6 Å². The first-order chi connectivity index (χ1) is 9.08. The summed E-state index contributed by atoms with van der Waals surface area (Å²) in [6.07, 6.45) is 3.95. The maximum atomic E-state index is 11.2. The second kappa shape index (κ2) is 5.45. The van der Waals surface area contributed by atoms with Gasteiger partial charge in [-0.3, -0.25) is 0 Å². The molecule has 0 saturated carbocycles. The Bertz CT molecular complexity index is 614. The number of carbonyl (C=O) groups is 1. The van der Waals surface area contributed by atoms with Crippen LogP contribution in [0.25, 0.3) is 10.9 Å². The zero-order valence-corrected chi connectivity index (χ0v) is 11.4. The van der Waals surface area contributed by atoms with Crippen molar-refractivity contribution in [3.63, 3.8) is 0 Å². The van der Waals surface area contributed by atoms with E-state index in [1.807, 2.05) is 13.0 Å². The van der Waals surface area contributed by atoms with Crippen LogP contribution in [0.5, 0.6) is 0 Å². The normalized spacial score (nSPS) is 11.1. The SMILES string of the molecule is CCc1cn(CCCN)c2cc(C(=O)O)c(C)cc12. The molecule has 1 aromatic heterocycles. The Morgan fingerprint density at radius 1 is 1.42 bits per heavy atom. The number of fused-ring (bicyclic) bond motifs is 1. The Morgan fingerprint density at radius 3 is 2.74 bits per heavy atom. The van der Waals surface area contributed by atoms with Gasteiger partial charge < -0.3 is 15.4 Å². The van der Waals surface area contributed by atoms with Crippen molar-refractivity contribution >= 4 is 16.9 Å². The average Bonchev–Trinajstić information content (AvgIpc) is 2.72. The molecule has 1 aromatic carbocycles. The van der Waals surface area contributed by atoms with Gasteiger partial charge in [-0.15, -0.1) is 0 Å². The molecule has 0 saturated heterocycles. The molecular weight excluding hydrogens is 240 g/mol. The maximum absolute atomic E-state index is 11.2.